The topological polar surface area (TPSA) is 100 Å². The lowest BCUT2D eigenvalue weighted by Gasteiger charge is -2.14. The molecule has 0 saturated carbocycles. The lowest BCUT2D eigenvalue weighted by molar-refractivity contribution is -0.143. The number of rotatable bonds is 17. The minimum Gasteiger partial charge on any atom is -0.494 e. The summed E-state index contributed by atoms with van der Waals surface area (Å²) in [5.41, 5.74) is 0.742. The van der Waals surface area contributed by atoms with Gasteiger partial charge in [-0.3, -0.25) is 4.79 Å². The van der Waals surface area contributed by atoms with Crippen LogP contribution in [-0.2, 0) is 19.1 Å². The van der Waals surface area contributed by atoms with Crippen LogP contribution in [0.4, 0.5) is 5.69 Å². The molecule has 206 valence electrons. The first kappa shape index (κ1) is 30.4. The molecule has 0 aromatic heterocycles. The monoisotopic (exact) mass is 525 g/mol. The molecule has 2 rings (SSSR count). The van der Waals surface area contributed by atoms with Crippen molar-refractivity contribution in [2.75, 3.05) is 25.1 Å². The average molecular weight is 526 g/mol. The molecule has 0 saturated heterocycles. The van der Waals surface area contributed by atoms with E-state index >= 15 is 0 Å². The molecule has 1 amide bonds. The van der Waals surface area contributed by atoms with E-state index in [-0.39, 0.29) is 30.6 Å². The van der Waals surface area contributed by atoms with E-state index in [1.807, 2.05) is 0 Å². The van der Waals surface area contributed by atoms with Crippen LogP contribution in [0, 0.1) is 0 Å². The first-order chi connectivity index (χ1) is 18.5. The molecular weight excluding hydrogens is 486 g/mol. The molecule has 0 aliphatic rings. The Balaban J connectivity index is 1.97. The number of esters is 2. The first-order valence-corrected chi connectivity index (χ1v) is 13.3. The average Bonchev–Trinajstić information content (AvgIpc) is 2.91. The number of ether oxygens (including phenoxy) is 4. The highest BCUT2D eigenvalue weighted by atomic mass is 16.6. The second-order valence-electron chi connectivity index (χ2n) is 8.53. The molecule has 0 aliphatic carbocycles. The quantitative estimate of drug-likeness (QED) is 0.110. The minimum atomic E-state index is -0.825. The lowest BCUT2D eigenvalue weighted by Crippen LogP contribution is -2.17. The molecule has 38 heavy (non-hydrogen) atoms. The summed E-state index contributed by atoms with van der Waals surface area (Å²) in [7, 11) is 0. The van der Waals surface area contributed by atoms with Crippen LogP contribution in [0.25, 0.3) is 0 Å². The fourth-order valence-electron chi connectivity index (χ4n) is 3.55. The van der Waals surface area contributed by atoms with Crippen molar-refractivity contribution in [1.82, 2.24) is 0 Å². The predicted octanol–water partition coefficient (Wildman–Crippen LogP) is 6.46. The van der Waals surface area contributed by atoms with E-state index in [1.54, 1.807) is 62.4 Å². The Hall–Kier alpha value is -3.81. The van der Waals surface area contributed by atoms with Crippen molar-refractivity contribution in [2.24, 2.45) is 0 Å². The van der Waals surface area contributed by atoms with Gasteiger partial charge in [0.15, 0.2) is 5.75 Å². The van der Waals surface area contributed by atoms with E-state index in [9.17, 15) is 14.4 Å². The normalized spacial score (nSPS) is 11.0. The van der Waals surface area contributed by atoms with Crippen molar-refractivity contribution in [3.05, 3.63) is 65.9 Å². The number of nitrogens with one attached hydrogen (secondary N) is 1. The van der Waals surface area contributed by atoms with E-state index in [1.165, 1.54) is 32.1 Å². The van der Waals surface area contributed by atoms with Crippen LogP contribution in [-0.4, -0.2) is 37.7 Å². The third-order valence-electron chi connectivity index (χ3n) is 5.50. The highest BCUT2D eigenvalue weighted by molar-refractivity contribution is 6.05. The molecule has 0 radical (unpaired) electrons. The van der Waals surface area contributed by atoms with Crippen LogP contribution in [0.5, 0.6) is 11.5 Å². The molecule has 8 heteroatoms. The van der Waals surface area contributed by atoms with Crippen LogP contribution >= 0.6 is 0 Å². The van der Waals surface area contributed by atoms with Gasteiger partial charge in [-0.25, -0.2) is 9.59 Å². The summed E-state index contributed by atoms with van der Waals surface area (Å²) in [6.45, 7) is 6.39. The number of hydrogen-bond acceptors (Lipinski definition) is 7. The zero-order valence-electron chi connectivity index (χ0n) is 22.6. The van der Waals surface area contributed by atoms with Crippen LogP contribution in [0.3, 0.4) is 0 Å². The molecule has 1 N–H and O–H groups in total. The highest BCUT2D eigenvalue weighted by Crippen LogP contribution is 2.27. The van der Waals surface area contributed by atoms with Gasteiger partial charge in [0.25, 0.3) is 5.91 Å². The minimum absolute atomic E-state index is 0.0967. The Bertz CT molecular complexity index is 1050. The summed E-state index contributed by atoms with van der Waals surface area (Å²) in [6.07, 6.45) is 9.44. The number of anilines is 1. The maximum absolute atomic E-state index is 12.9. The number of amides is 1. The number of carbonyl (C=O) groups excluding carboxylic acids is 3. The van der Waals surface area contributed by atoms with Gasteiger partial charge in [0.2, 0.25) is 5.76 Å². The van der Waals surface area contributed by atoms with Crippen LogP contribution in [0.1, 0.15) is 76.1 Å². The van der Waals surface area contributed by atoms with Gasteiger partial charge in [-0.05, 0) is 56.7 Å². The van der Waals surface area contributed by atoms with Crippen LogP contribution in [0.15, 0.2) is 60.4 Å². The highest BCUT2D eigenvalue weighted by Gasteiger charge is 2.19. The lowest BCUT2D eigenvalue weighted by atomic mass is 10.1. The fraction of sp³-hybridized carbons (Fsp3) is 0.433. The van der Waals surface area contributed by atoms with Gasteiger partial charge in [0, 0.05) is 5.56 Å². The second-order valence-corrected chi connectivity index (χ2v) is 8.53. The van der Waals surface area contributed by atoms with Crippen molar-refractivity contribution >= 4 is 23.5 Å². The number of para-hydroxylation sites is 2. The second kappa shape index (κ2) is 17.6. The molecule has 2 aromatic carbocycles. The van der Waals surface area contributed by atoms with Crippen molar-refractivity contribution in [1.29, 1.82) is 0 Å². The van der Waals surface area contributed by atoms with Crippen molar-refractivity contribution in [3.8, 4) is 11.5 Å². The zero-order valence-corrected chi connectivity index (χ0v) is 22.6. The first-order valence-electron chi connectivity index (χ1n) is 13.3. The number of hydrogen-bond donors (Lipinski definition) is 1. The Morgan fingerprint density at radius 3 is 2.13 bits per heavy atom. The summed E-state index contributed by atoms with van der Waals surface area (Å²) in [6, 6.07) is 13.5. The van der Waals surface area contributed by atoms with Gasteiger partial charge in [-0.2, -0.15) is 0 Å². The predicted molar refractivity (Wildman–Crippen MR) is 146 cm³/mol. The van der Waals surface area contributed by atoms with Gasteiger partial charge in [0.1, 0.15) is 5.75 Å². The number of benzene rings is 2. The summed E-state index contributed by atoms with van der Waals surface area (Å²) in [5.74, 6) is -1.42. The van der Waals surface area contributed by atoms with Gasteiger partial charge in [-0.15, -0.1) is 0 Å². The standard InChI is InChI=1S/C30H39NO7/c1-4-7-8-9-10-11-14-21-37-24-19-17-23(18-20-24)29(33)31-25-15-12-13-16-26(25)38-27(30(34)36-6-3)22-28(32)35-5-2/h12-13,15-20,22H,4-11,14,21H2,1-3H3,(H,31,33)/b27-22-. The zero-order chi connectivity index (χ0) is 27.6. The number of carbonyl (C=O) groups is 3. The Morgan fingerprint density at radius 1 is 0.789 bits per heavy atom. The summed E-state index contributed by atoms with van der Waals surface area (Å²) >= 11 is 0. The Morgan fingerprint density at radius 2 is 1.45 bits per heavy atom. The van der Waals surface area contributed by atoms with E-state index in [4.69, 9.17) is 18.9 Å². The molecular formula is C30H39NO7. The van der Waals surface area contributed by atoms with Gasteiger partial charge in [-0.1, -0.05) is 57.6 Å². The van der Waals surface area contributed by atoms with E-state index in [0.717, 1.165) is 18.9 Å². The number of unbranched alkanes of at least 4 members (excludes halogenated alkanes) is 6. The molecule has 8 nitrogen and oxygen atoms in total. The van der Waals surface area contributed by atoms with E-state index in [2.05, 4.69) is 12.2 Å². The molecule has 0 atom stereocenters. The van der Waals surface area contributed by atoms with Gasteiger partial charge in [0.05, 0.1) is 31.6 Å². The molecule has 0 unspecified atom stereocenters. The fourth-order valence-corrected chi connectivity index (χ4v) is 3.55. The van der Waals surface area contributed by atoms with E-state index in [0.29, 0.717) is 23.6 Å². The molecule has 0 bridgehead atoms. The van der Waals surface area contributed by atoms with Gasteiger partial charge < -0.3 is 24.3 Å². The molecule has 2 aromatic rings. The van der Waals surface area contributed by atoms with Crippen LogP contribution < -0.4 is 14.8 Å². The maximum Gasteiger partial charge on any atom is 0.374 e. The molecule has 0 fully saturated rings. The molecule has 0 spiro atoms. The SMILES string of the molecule is CCCCCCCCCOc1ccc(C(=O)Nc2ccccc2O/C(=C\C(=O)OCC)C(=O)OCC)cc1. The Kier molecular flexibility index (Phi) is 14.1. The van der Waals surface area contributed by atoms with Crippen molar-refractivity contribution in [2.45, 2.75) is 65.7 Å². The largest absolute Gasteiger partial charge is 0.494 e. The summed E-state index contributed by atoms with van der Waals surface area (Å²) < 4.78 is 21.3. The van der Waals surface area contributed by atoms with Crippen LogP contribution in [0.2, 0.25) is 0 Å². The third kappa shape index (κ3) is 11.1. The van der Waals surface area contributed by atoms with Crippen molar-refractivity contribution < 1.29 is 33.3 Å². The van der Waals surface area contributed by atoms with Crippen molar-refractivity contribution in [3.63, 3.8) is 0 Å². The summed E-state index contributed by atoms with van der Waals surface area (Å²) in [4.78, 5) is 37.1. The smallest absolute Gasteiger partial charge is 0.374 e. The summed E-state index contributed by atoms with van der Waals surface area (Å²) in [5, 5.41) is 2.78. The molecule has 0 aliphatic heterocycles. The van der Waals surface area contributed by atoms with E-state index < -0.39 is 11.9 Å². The van der Waals surface area contributed by atoms with Gasteiger partial charge >= 0.3 is 11.9 Å². The molecule has 0 heterocycles. The Labute approximate surface area is 225 Å². The third-order valence-corrected chi connectivity index (χ3v) is 5.50. The maximum atomic E-state index is 12.9.